The van der Waals surface area contributed by atoms with E-state index in [4.69, 9.17) is 9.47 Å². The lowest BCUT2D eigenvalue weighted by Gasteiger charge is -2.35. The van der Waals surface area contributed by atoms with E-state index in [0.29, 0.717) is 0 Å². The zero-order chi connectivity index (χ0) is 21.4. The van der Waals surface area contributed by atoms with E-state index in [9.17, 15) is 0 Å². The van der Waals surface area contributed by atoms with Gasteiger partial charge in [0.15, 0.2) is 6.10 Å². The Morgan fingerprint density at radius 3 is 2.58 bits per heavy atom. The van der Waals surface area contributed by atoms with Crippen molar-refractivity contribution in [2.24, 2.45) is 5.92 Å². The molecule has 0 spiro atoms. The Balaban J connectivity index is 1.34. The lowest BCUT2D eigenvalue weighted by molar-refractivity contribution is 0.212. The van der Waals surface area contributed by atoms with Crippen LogP contribution >= 0.6 is 0 Å². The molecular weight excluding hydrogens is 382 g/mol. The fourth-order valence-corrected chi connectivity index (χ4v) is 5.08. The second kappa shape index (κ2) is 8.39. The Hall–Kier alpha value is -2.78. The number of nitrogens with zero attached hydrogens (tertiary/aromatic N) is 1. The van der Waals surface area contributed by atoms with Crippen molar-refractivity contribution in [1.29, 1.82) is 0 Å². The van der Waals surface area contributed by atoms with Crippen LogP contribution in [0.2, 0.25) is 0 Å². The van der Waals surface area contributed by atoms with Gasteiger partial charge in [-0.1, -0.05) is 48.5 Å². The SMILES string of the molecule is COc1c2ccc(-c3ccccc3)c1C2Oc1ccc2c(c1)CCC(CCN(C)C)C2. The van der Waals surface area contributed by atoms with E-state index in [1.807, 2.05) is 6.07 Å². The van der Waals surface area contributed by atoms with E-state index in [2.05, 4.69) is 73.6 Å². The Labute approximate surface area is 185 Å². The molecule has 3 aromatic carbocycles. The van der Waals surface area contributed by atoms with Gasteiger partial charge in [0.05, 0.1) is 7.11 Å². The molecule has 0 amide bonds. The summed E-state index contributed by atoms with van der Waals surface area (Å²) in [5.74, 6) is 2.72. The van der Waals surface area contributed by atoms with Crippen molar-refractivity contribution < 1.29 is 9.47 Å². The van der Waals surface area contributed by atoms with Crippen molar-refractivity contribution in [3.8, 4) is 22.6 Å². The molecule has 0 saturated heterocycles. The Morgan fingerprint density at radius 2 is 1.81 bits per heavy atom. The molecule has 0 aliphatic heterocycles. The van der Waals surface area contributed by atoms with Gasteiger partial charge in [0.1, 0.15) is 11.5 Å². The summed E-state index contributed by atoms with van der Waals surface area (Å²) < 4.78 is 12.2. The minimum absolute atomic E-state index is 0.0513. The fraction of sp³-hybridized carbons (Fsp3) is 0.357. The highest BCUT2D eigenvalue weighted by Crippen LogP contribution is 2.53. The summed E-state index contributed by atoms with van der Waals surface area (Å²) >= 11 is 0. The summed E-state index contributed by atoms with van der Waals surface area (Å²) in [6.07, 6.45) is 4.85. The highest BCUT2D eigenvalue weighted by molar-refractivity contribution is 5.78. The van der Waals surface area contributed by atoms with Crippen molar-refractivity contribution >= 4 is 0 Å². The molecule has 160 valence electrons. The van der Waals surface area contributed by atoms with Crippen molar-refractivity contribution in [2.45, 2.75) is 31.8 Å². The zero-order valence-corrected chi connectivity index (χ0v) is 18.7. The molecule has 3 nitrogen and oxygen atoms in total. The second-order valence-corrected chi connectivity index (χ2v) is 9.14. The average molecular weight is 414 g/mol. The maximum absolute atomic E-state index is 6.52. The molecule has 2 unspecified atom stereocenters. The van der Waals surface area contributed by atoms with Crippen LogP contribution in [0.1, 0.15) is 41.2 Å². The molecule has 31 heavy (non-hydrogen) atoms. The van der Waals surface area contributed by atoms with Crippen molar-refractivity contribution in [3.05, 3.63) is 82.9 Å². The van der Waals surface area contributed by atoms with Gasteiger partial charge in [-0.3, -0.25) is 0 Å². The number of fused-ring (bicyclic) bond motifs is 3. The van der Waals surface area contributed by atoms with Crippen LogP contribution in [0.5, 0.6) is 11.5 Å². The second-order valence-electron chi connectivity index (χ2n) is 9.14. The molecule has 2 aliphatic carbocycles. The molecule has 0 N–H and O–H groups in total. The number of hydrogen-bond donors (Lipinski definition) is 0. The first-order chi connectivity index (χ1) is 15.1. The molecule has 5 rings (SSSR count). The average Bonchev–Trinajstić information content (AvgIpc) is 2.81. The Bertz CT molecular complexity index is 1070. The van der Waals surface area contributed by atoms with E-state index in [0.717, 1.165) is 35.0 Å². The molecule has 0 aromatic heterocycles. The maximum Gasteiger partial charge on any atom is 0.157 e. The third-order valence-corrected chi connectivity index (χ3v) is 6.81. The fourth-order valence-electron chi connectivity index (χ4n) is 5.08. The molecule has 0 fully saturated rings. The smallest absolute Gasteiger partial charge is 0.157 e. The number of rotatable bonds is 7. The summed E-state index contributed by atoms with van der Waals surface area (Å²) in [7, 11) is 6.07. The summed E-state index contributed by atoms with van der Waals surface area (Å²) in [4.78, 5) is 2.29. The third kappa shape index (κ3) is 3.83. The third-order valence-electron chi connectivity index (χ3n) is 6.81. The molecule has 3 heteroatoms. The van der Waals surface area contributed by atoms with Gasteiger partial charge in [-0.05, 0) is 86.6 Å². The van der Waals surface area contributed by atoms with E-state index < -0.39 is 0 Å². The zero-order valence-electron chi connectivity index (χ0n) is 18.7. The lowest BCUT2D eigenvalue weighted by Crippen LogP contribution is -2.23. The summed E-state index contributed by atoms with van der Waals surface area (Å²) in [6.45, 7) is 1.17. The number of hydrogen-bond acceptors (Lipinski definition) is 3. The maximum atomic E-state index is 6.52. The highest BCUT2D eigenvalue weighted by Gasteiger charge is 2.37. The van der Waals surface area contributed by atoms with Crippen LogP contribution in [0, 0.1) is 5.92 Å². The van der Waals surface area contributed by atoms with Crippen LogP contribution < -0.4 is 9.47 Å². The molecule has 3 aromatic rings. The standard InChI is InChI=1S/C28H31NO2/c1-29(2)16-15-19-9-10-22-18-23(12-11-21(22)17-19)31-28-25-14-13-24(26(28)27(25)30-3)20-7-5-4-6-8-20/h4-8,11-14,18-19,28H,9-10,15-17H2,1-3H3. The quantitative estimate of drug-likeness (QED) is 0.481. The molecule has 0 radical (unpaired) electrons. The summed E-state index contributed by atoms with van der Waals surface area (Å²) in [6, 6.07) is 21.5. The van der Waals surface area contributed by atoms with Gasteiger partial charge in [-0.25, -0.2) is 0 Å². The predicted molar refractivity (Wildman–Crippen MR) is 126 cm³/mol. The summed E-state index contributed by atoms with van der Waals surface area (Å²) in [5.41, 5.74) is 7.64. The lowest BCUT2D eigenvalue weighted by atomic mass is 9.80. The molecule has 2 atom stereocenters. The van der Waals surface area contributed by atoms with Crippen molar-refractivity contribution in [3.63, 3.8) is 0 Å². The molecule has 2 bridgehead atoms. The number of aryl methyl sites for hydroxylation is 1. The minimum Gasteiger partial charge on any atom is -0.496 e. The van der Waals surface area contributed by atoms with Crippen LogP contribution in [0.3, 0.4) is 0 Å². The van der Waals surface area contributed by atoms with Crippen molar-refractivity contribution in [1.82, 2.24) is 4.90 Å². The topological polar surface area (TPSA) is 21.7 Å². The highest BCUT2D eigenvalue weighted by atomic mass is 16.5. The van der Waals surface area contributed by atoms with Gasteiger partial charge in [0.2, 0.25) is 0 Å². The normalized spacial score (nSPS) is 19.0. The summed E-state index contributed by atoms with van der Waals surface area (Å²) in [5, 5.41) is 0. The molecule has 2 aliphatic rings. The van der Waals surface area contributed by atoms with Crippen molar-refractivity contribution in [2.75, 3.05) is 27.7 Å². The van der Waals surface area contributed by atoms with Crippen LogP contribution in [-0.4, -0.2) is 32.6 Å². The molecule has 0 heterocycles. The van der Waals surface area contributed by atoms with Crippen LogP contribution in [0.15, 0.2) is 60.7 Å². The predicted octanol–water partition coefficient (Wildman–Crippen LogP) is 5.90. The Kier molecular flexibility index (Phi) is 5.45. The Morgan fingerprint density at radius 1 is 0.968 bits per heavy atom. The van der Waals surface area contributed by atoms with Gasteiger partial charge < -0.3 is 14.4 Å². The first kappa shape index (κ1) is 20.1. The van der Waals surface area contributed by atoms with E-state index in [1.54, 1.807) is 7.11 Å². The first-order valence-corrected chi connectivity index (χ1v) is 11.3. The molecule has 0 saturated carbocycles. The van der Waals surface area contributed by atoms with Crippen LogP contribution in [0.4, 0.5) is 0 Å². The van der Waals surface area contributed by atoms with Gasteiger partial charge >= 0.3 is 0 Å². The molecular formula is C28H31NO2. The van der Waals surface area contributed by atoms with Gasteiger partial charge in [-0.2, -0.15) is 0 Å². The number of ether oxygens (including phenoxy) is 2. The van der Waals surface area contributed by atoms with Gasteiger partial charge in [0.25, 0.3) is 0 Å². The van der Waals surface area contributed by atoms with Crippen LogP contribution in [0.25, 0.3) is 11.1 Å². The van der Waals surface area contributed by atoms with E-state index >= 15 is 0 Å². The monoisotopic (exact) mass is 413 g/mol. The van der Waals surface area contributed by atoms with Gasteiger partial charge in [-0.15, -0.1) is 0 Å². The number of benzene rings is 3. The number of methoxy groups -OCH3 is 1. The largest absolute Gasteiger partial charge is 0.496 e. The van der Waals surface area contributed by atoms with E-state index in [-0.39, 0.29) is 6.10 Å². The first-order valence-electron chi connectivity index (χ1n) is 11.3. The van der Waals surface area contributed by atoms with E-state index in [1.165, 1.54) is 48.1 Å². The van der Waals surface area contributed by atoms with Crippen LogP contribution in [-0.2, 0) is 12.8 Å². The van der Waals surface area contributed by atoms with Gasteiger partial charge in [0, 0.05) is 11.1 Å². The minimum atomic E-state index is -0.0513.